The van der Waals surface area contributed by atoms with Crippen LogP contribution < -0.4 is 10.2 Å². The fourth-order valence-electron chi connectivity index (χ4n) is 3.26. The van der Waals surface area contributed by atoms with Crippen molar-refractivity contribution in [3.05, 3.63) is 77.9 Å². The van der Waals surface area contributed by atoms with Crippen molar-refractivity contribution in [2.24, 2.45) is 5.10 Å². The third-order valence-electron chi connectivity index (χ3n) is 5.00. The molecule has 1 aliphatic heterocycles. The molecule has 31 heavy (non-hydrogen) atoms. The summed E-state index contributed by atoms with van der Waals surface area (Å²) in [6, 6.07) is 20.5. The van der Waals surface area contributed by atoms with Crippen molar-refractivity contribution in [3.63, 3.8) is 0 Å². The molecule has 2 amide bonds. The van der Waals surface area contributed by atoms with Crippen LogP contribution in [0.25, 0.3) is 10.8 Å². The molecule has 7 heteroatoms. The average Bonchev–Trinajstić information content (AvgIpc) is 2.83. The number of hydrazone groups is 1. The Hall–Kier alpha value is -3.71. The van der Waals surface area contributed by atoms with E-state index in [-0.39, 0.29) is 18.4 Å². The predicted octanol–water partition coefficient (Wildman–Crippen LogP) is 2.84. The van der Waals surface area contributed by atoms with Crippen LogP contribution in [0.15, 0.2) is 71.8 Å². The molecule has 1 saturated heterocycles. The zero-order chi connectivity index (χ0) is 21.5. The highest BCUT2D eigenvalue weighted by atomic mass is 16.5. The minimum Gasteiger partial charge on any atom is -0.484 e. The zero-order valence-corrected chi connectivity index (χ0v) is 17.0. The molecule has 0 spiro atoms. The van der Waals surface area contributed by atoms with Gasteiger partial charge in [-0.2, -0.15) is 5.10 Å². The Balaban J connectivity index is 1.27. The second-order valence-corrected chi connectivity index (χ2v) is 7.11. The monoisotopic (exact) mass is 417 g/mol. The van der Waals surface area contributed by atoms with Crippen LogP contribution in [0.4, 0.5) is 0 Å². The van der Waals surface area contributed by atoms with Gasteiger partial charge in [0.05, 0.1) is 19.4 Å². The van der Waals surface area contributed by atoms with Crippen molar-refractivity contribution in [1.29, 1.82) is 0 Å². The lowest BCUT2D eigenvalue weighted by molar-refractivity contribution is -0.137. The van der Waals surface area contributed by atoms with Crippen LogP contribution in [0, 0.1) is 0 Å². The Bertz CT molecular complexity index is 1090. The smallest absolute Gasteiger partial charge is 0.271 e. The third-order valence-corrected chi connectivity index (χ3v) is 5.00. The molecule has 0 aromatic heterocycles. The van der Waals surface area contributed by atoms with E-state index in [0.29, 0.717) is 37.6 Å². The summed E-state index contributed by atoms with van der Waals surface area (Å²) in [5.74, 6) is 0.271. The first kappa shape index (κ1) is 20.6. The van der Waals surface area contributed by atoms with Crippen molar-refractivity contribution >= 4 is 28.8 Å². The summed E-state index contributed by atoms with van der Waals surface area (Å²) < 4.78 is 10.8. The van der Waals surface area contributed by atoms with Crippen molar-refractivity contribution in [2.45, 2.75) is 0 Å². The van der Waals surface area contributed by atoms with Crippen LogP contribution in [0.5, 0.6) is 5.75 Å². The van der Waals surface area contributed by atoms with E-state index in [1.54, 1.807) is 41.4 Å². The van der Waals surface area contributed by atoms with E-state index >= 15 is 0 Å². The molecule has 1 heterocycles. The second-order valence-electron chi connectivity index (χ2n) is 7.11. The topological polar surface area (TPSA) is 80.2 Å². The van der Waals surface area contributed by atoms with Crippen LogP contribution in [-0.4, -0.2) is 55.8 Å². The molecule has 7 nitrogen and oxygen atoms in total. The van der Waals surface area contributed by atoms with E-state index in [9.17, 15) is 9.59 Å². The molecule has 1 aliphatic rings. The largest absolute Gasteiger partial charge is 0.484 e. The summed E-state index contributed by atoms with van der Waals surface area (Å²) in [6.07, 6.45) is 1.56. The summed E-state index contributed by atoms with van der Waals surface area (Å²) in [4.78, 5) is 26.2. The van der Waals surface area contributed by atoms with Gasteiger partial charge in [-0.1, -0.05) is 30.3 Å². The highest BCUT2D eigenvalue weighted by molar-refractivity contribution is 5.99. The SMILES string of the molecule is O=C(N/N=C\c1ccc(OCC(=O)N2CCOCC2)cc1)c1ccc2ccccc2c1. The van der Waals surface area contributed by atoms with E-state index in [1.807, 2.05) is 36.4 Å². The van der Waals surface area contributed by atoms with Gasteiger partial charge in [-0.25, -0.2) is 5.43 Å². The molecule has 158 valence electrons. The first-order chi connectivity index (χ1) is 15.2. The summed E-state index contributed by atoms with van der Waals surface area (Å²) in [7, 11) is 0. The van der Waals surface area contributed by atoms with Crippen LogP contribution in [-0.2, 0) is 9.53 Å². The fraction of sp³-hybridized carbons (Fsp3) is 0.208. The number of fused-ring (bicyclic) bond motifs is 1. The zero-order valence-electron chi connectivity index (χ0n) is 17.0. The first-order valence-electron chi connectivity index (χ1n) is 10.1. The standard InChI is InChI=1S/C24H23N3O4/c28-23(27-11-13-30-14-12-27)17-31-22-9-5-18(6-10-22)16-25-26-24(29)21-8-7-19-3-1-2-4-20(19)15-21/h1-10,15-16H,11-14,17H2,(H,26,29)/b25-16-. The summed E-state index contributed by atoms with van der Waals surface area (Å²) >= 11 is 0. The highest BCUT2D eigenvalue weighted by Crippen LogP contribution is 2.15. The molecule has 1 N–H and O–H groups in total. The summed E-state index contributed by atoms with van der Waals surface area (Å²) in [5.41, 5.74) is 3.88. The maximum absolute atomic E-state index is 12.3. The second kappa shape index (κ2) is 9.86. The van der Waals surface area contributed by atoms with E-state index < -0.39 is 0 Å². The molecule has 0 atom stereocenters. The number of hydrogen-bond acceptors (Lipinski definition) is 5. The van der Waals surface area contributed by atoms with Gasteiger partial charge in [0.1, 0.15) is 5.75 Å². The lowest BCUT2D eigenvalue weighted by Crippen LogP contribution is -2.42. The van der Waals surface area contributed by atoms with Crippen LogP contribution in [0.1, 0.15) is 15.9 Å². The average molecular weight is 417 g/mol. The van der Waals surface area contributed by atoms with Crippen molar-refractivity contribution in [1.82, 2.24) is 10.3 Å². The van der Waals surface area contributed by atoms with Gasteiger partial charge in [0.25, 0.3) is 11.8 Å². The normalized spacial score (nSPS) is 14.0. The lowest BCUT2D eigenvalue weighted by Gasteiger charge is -2.26. The maximum Gasteiger partial charge on any atom is 0.271 e. The molecular formula is C24H23N3O4. The van der Waals surface area contributed by atoms with Gasteiger partial charge in [-0.05, 0) is 52.7 Å². The number of benzene rings is 3. The Kier molecular flexibility index (Phi) is 6.54. The number of hydrogen-bond donors (Lipinski definition) is 1. The Morgan fingerprint density at radius 1 is 1.00 bits per heavy atom. The number of carbonyl (C=O) groups excluding carboxylic acids is 2. The minimum absolute atomic E-state index is 0.00471. The molecule has 3 aromatic carbocycles. The Morgan fingerprint density at radius 2 is 1.74 bits per heavy atom. The number of nitrogens with zero attached hydrogens (tertiary/aromatic N) is 2. The van der Waals surface area contributed by atoms with Crippen molar-refractivity contribution < 1.29 is 19.1 Å². The van der Waals surface area contributed by atoms with E-state index in [2.05, 4.69) is 10.5 Å². The number of nitrogens with one attached hydrogen (secondary N) is 1. The van der Waals surface area contributed by atoms with Gasteiger partial charge in [-0.15, -0.1) is 0 Å². The number of morpholine rings is 1. The Labute approximate surface area is 180 Å². The quantitative estimate of drug-likeness (QED) is 0.494. The Morgan fingerprint density at radius 3 is 2.52 bits per heavy atom. The lowest BCUT2D eigenvalue weighted by atomic mass is 10.1. The molecule has 0 aliphatic carbocycles. The molecule has 0 saturated carbocycles. The van der Waals surface area contributed by atoms with Gasteiger partial charge in [0.2, 0.25) is 0 Å². The molecule has 4 rings (SSSR count). The van der Waals surface area contributed by atoms with Gasteiger partial charge in [-0.3, -0.25) is 9.59 Å². The van der Waals surface area contributed by atoms with Gasteiger partial charge >= 0.3 is 0 Å². The fourth-order valence-corrected chi connectivity index (χ4v) is 3.26. The van der Waals surface area contributed by atoms with Crippen molar-refractivity contribution in [3.8, 4) is 5.75 Å². The predicted molar refractivity (Wildman–Crippen MR) is 118 cm³/mol. The molecule has 0 bridgehead atoms. The van der Waals surface area contributed by atoms with Crippen molar-refractivity contribution in [2.75, 3.05) is 32.9 Å². The number of carbonyl (C=O) groups is 2. The summed E-state index contributed by atoms with van der Waals surface area (Å²) in [5, 5.41) is 6.11. The minimum atomic E-state index is -0.274. The molecule has 3 aromatic rings. The number of rotatable bonds is 6. The highest BCUT2D eigenvalue weighted by Gasteiger charge is 2.17. The van der Waals surface area contributed by atoms with Gasteiger partial charge < -0.3 is 14.4 Å². The molecule has 1 fully saturated rings. The molecule has 0 radical (unpaired) electrons. The van der Waals surface area contributed by atoms with Crippen LogP contribution >= 0.6 is 0 Å². The van der Waals surface area contributed by atoms with Crippen LogP contribution in [0.2, 0.25) is 0 Å². The number of ether oxygens (including phenoxy) is 2. The van der Waals surface area contributed by atoms with Crippen LogP contribution in [0.3, 0.4) is 0 Å². The maximum atomic E-state index is 12.3. The summed E-state index contributed by atoms with van der Waals surface area (Å²) in [6.45, 7) is 2.33. The first-order valence-corrected chi connectivity index (χ1v) is 10.1. The van der Waals surface area contributed by atoms with Gasteiger partial charge in [0, 0.05) is 18.7 Å². The van der Waals surface area contributed by atoms with Gasteiger partial charge in [0.15, 0.2) is 6.61 Å². The molecule has 0 unspecified atom stereocenters. The number of amides is 2. The van der Waals surface area contributed by atoms with E-state index in [1.165, 1.54) is 0 Å². The molecular weight excluding hydrogens is 394 g/mol. The third kappa shape index (κ3) is 5.46. The van der Waals surface area contributed by atoms with E-state index in [4.69, 9.17) is 9.47 Å². The van der Waals surface area contributed by atoms with E-state index in [0.717, 1.165) is 16.3 Å².